The lowest BCUT2D eigenvalue weighted by Gasteiger charge is -2.10. The number of carboxylic acids is 3. The maximum absolute atomic E-state index is 10.6. The Bertz CT molecular complexity index is 1640. The summed E-state index contributed by atoms with van der Waals surface area (Å²) in [6.07, 6.45) is -5.62. The number of hydrogen-bond acceptors (Lipinski definition) is 9. The van der Waals surface area contributed by atoms with Crippen molar-refractivity contribution in [1.82, 2.24) is 29.8 Å². The normalized spacial score (nSPS) is 11.3. The molecular weight excluding hydrogens is 725 g/mol. The first kappa shape index (κ1) is 42.8. The van der Waals surface area contributed by atoms with Gasteiger partial charge in [0.05, 0.1) is 10.7 Å². The van der Waals surface area contributed by atoms with Gasteiger partial charge in [0.15, 0.2) is 0 Å². The minimum absolute atomic E-state index is 0.580. The fourth-order valence-electron chi connectivity index (χ4n) is 3.25. The Morgan fingerprint density at radius 1 is 0.800 bits per heavy atom. The zero-order valence-electron chi connectivity index (χ0n) is 25.3. The highest BCUT2D eigenvalue weighted by atomic mass is 35.5. The summed E-state index contributed by atoms with van der Waals surface area (Å²) in [5.41, 5.74) is 4.48. The number of nitrogens with one attached hydrogen (secondary N) is 2. The van der Waals surface area contributed by atoms with Crippen LogP contribution in [0, 0.1) is 0 Å². The van der Waals surface area contributed by atoms with Crippen LogP contribution in [0.3, 0.4) is 0 Å². The van der Waals surface area contributed by atoms with Crippen molar-refractivity contribution in [2.75, 3.05) is 32.5 Å². The number of halogens is 10. The lowest BCUT2D eigenvalue weighted by Crippen LogP contribution is -2.21. The van der Waals surface area contributed by atoms with Crippen molar-refractivity contribution < 1.29 is 69.2 Å². The standard InChI is InChI=1S/C21H22ClN7.3C2HF3O2/c1-29(2)7-3-6-25-18-5-4-14(11-26-18)20-19(15-9-23-13-24-10-15)17-8-16(22)12-27-21(17)28-20;3*3-2(4,5)1(6)7/h4-5,8-13H,3,6-7H2,1-2H3,(H,25,26)(H,27,28);3*(H,6,7). The van der Waals surface area contributed by atoms with Crippen LogP contribution in [0.4, 0.5) is 45.3 Å². The number of pyridine rings is 2. The van der Waals surface area contributed by atoms with Crippen molar-refractivity contribution in [3.8, 4) is 22.4 Å². The summed E-state index contributed by atoms with van der Waals surface area (Å²) in [6, 6.07) is 5.93. The number of rotatable bonds is 7. The number of nitrogens with zero attached hydrogens (tertiary/aromatic N) is 5. The number of anilines is 1. The van der Waals surface area contributed by atoms with Crippen LogP contribution in [0.1, 0.15) is 6.42 Å². The van der Waals surface area contributed by atoms with Gasteiger partial charge >= 0.3 is 36.4 Å². The van der Waals surface area contributed by atoms with Gasteiger partial charge in [-0.1, -0.05) is 11.6 Å². The molecule has 0 aliphatic heterocycles. The summed E-state index contributed by atoms with van der Waals surface area (Å²) in [4.78, 5) is 49.6. The van der Waals surface area contributed by atoms with Crippen LogP contribution < -0.4 is 5.32 Å². The van der Waals surface area contributed by atoms with Crippen LogP contribution in [0.5, 0.6) is 0 Å². The molecule has 13 nitrogen and oxygen atoms in total. The summed E-state index contributed by atoms with van der Waals surface area (Å²) in [7, 11) is 4.15. The maximum Gasteiger partial charge on any atom is 0.490 e. The average Bonchev–Trinajstić information content (AvgIpc) is 3.38. The van der Waals surface area contributed by atoms with Crippen LogP contribution in [-0.2, 0) is 14.4 Å². The zero-order valence-corrected chi connectivity index (χ0v) is 26.1. The Hall–Kier alpha value is -5.25. The topological polar surface area (TPSA) is 195 Å². The molecule has 274 valence electrons. The number of carbonyl (C=O) groups is 3. The SMILES string of the molecule is CN(C)CCCNc1ccc(-c2[nH]c3ncc(Cl)cc3c2-c2cncnc2)cn1.O=C(O)C(F)(F)F.O=C(O)C(F)(F)F.O=C(O)C(F)(F)F. The largest absolute Gasteiger partial charge is 0.490 e. The number of fused-ring (bicyclic) bond motifs is 1. The molecule has 5 N–H and O–H groups in total. The fraction of sp³-hybridized carbons (Fsp3) is 0.296. The highest BCUT2D eigenvalue weighted by Crippen LogP contribution is 2.38. The van der Waals surface area contributed by atoms with Crippen molar-refractivity contribution in [3.05, 3.63) is 54.3 Å². The minimum atomic E-state index is -5.08. The van der Waals surface area contributed by atoms with E-state index >= 15 is 0 Å². The molecule has 0 radical (unpaired) electrons. The second-order valence-corrected chi connectivity index (χ2v) is 9.91. The number of aromatic nitrogens is 5. The number of aliphatic carboxylic acids is 3. The Morgan fingerprint density at radius 3 is 1.72 bits per heavy atom. The van der Waals surface area contributed by atoms with Crippen molar-refractivity contribution in [2.24, 2.45) is 0 Å². The van der Waals surface area contributed by atoms with Gasteiger partial charge < -0.3 is 30.5 Å². The Kier molecular flexibility index (Phi) is 15.8. The van der Waals surface area contributed by atoms with E-state index in [0.29, 0.717) is 5.02 Å². The van der Waals surface area contributed by atoms with E-state index in [1.165, 1.54) is 6.33 Å². The molecule has 0 fully saturated rings. The van der Waals surface area contributed by atoms with Crippen molar-refractivity contribution in [3.63, 3.8) is 0 Å². The first-order valence-electron chi connectivity index (χ1n) is 13.1. The van der Waals surface area contributed by atoms with E-state index < -0.39 is 36.4 Å². The Labute approximate surface area is 279 Å². The Morgan fingerprint density at radius 2 is 1.30 bits per heavy atom. The molecule has 0 amide bonds. The van der Waals surface area contributed by atoms with Gasteiger partial charge in [-0.25, -0.2) is 34.3 Å². The first-order chi connectivity index (χ1) is 22.9. The third-order valence-corrected chi connectivity index (χ3v) is 5.54. The number of hydrogen-bond donors (Lipinski definition) is 5. The molecule has 0 bridgehead atoms. The summed E-state index contributed by atoms with van der Waals surface area (Å²) in [5, 5.41) is 26.2. The molecule has 23 heteroatoms. The molecule has 0 spiro atoms. The van der Waals surface area contributed by atoms with Crippen molar-refractivity contribution >= 4 is 46.4 Å². The van der Waals surface area contributed by atoms with Gasteiger partial charge in [-0.05, 0) is 45.3 Å². The number of aromatic amines is 1. The second-order valence-electron chi connectivity index (χ2n) is 9.48. The number of H-pyrrole nitrogens is 1. The lowest BCUT2D eigenvalue weighted by atomic mass is 10.0. The molecule has 4 aromatic heterocycles. The van der Waals surface area contributed by atoms with Gasteiger partial charge in [-0.2, -0.15) is 39.5 Å². The van der Waals surface area contributed by atoms with Gasteiger partial charge in [0.25, 0.3) is 0 Å². The van der Waals surface area contributed by atoms with Crippen LogP contribution in [0.2, 0.25) is 5.02 Å². The lowest BCUT2D eigenvalue weighted by molar-refractivity contribution is -0.193. The Balaban J connectivity index is 0.000000486. The van der Waals surface area contributed by atoms with Gasteiger partial charge in [0.2, 0.25) is 0 Å². The monoisotopic (exact) mass is 749 g/mol. The van der Waals surface area contributed by atoms with Crippen molar-refractivity contribution in [1.29, 1.82) is 0 Å². The molecule has 4 aromatic rings. The number of alkyl halides is 9. The predicted molar refractivity (Wildman–Crippen MR) is 158 cm³/mol. The van der Waals surface area contributed by atoms with E-state index in [2.05, 4.69) is 49.2 Å². The van der Waals surface area contributed by atoms with E-state index in [0.717, 1.165) is 58.7 Å². The van der Waals surface area contributed by atoms with Gasteiger partial charge in [0.1, 0.15) is 17.8 Å². The zero-order chi connectivity index (χ0) is 38.4. The summed E-state index contributed by atoms with van der Waals surface area (Å²) in [6.45, 7) is 1.92. The van der Waals surface area contributed by atoms with E-state index in [9.17, 15) is 39.5 Å². The van der Waals surface area contributed by atoms with Crippen molar-refractivity contribution in [2.45, 2.75) is 24.9 Å². The van der Waals surface area contributed by atoms with E-state index in [1.807, 2.05) is 24.4 Å². The van der Waals surface area contributed by atoms with E-state index in [-0.39, 0.29) is 0 Å². The first-order valence-corrected chi connectivity index (χ1v) is 13.5. The minimum Gasteiger partial charge on any atom is -0.475 e. The average molecular weight is 750 g/mol. The van der Waals surface area contributed by atoms with Crippen LogP contribution in [0.25, 0.3) is 33.4 Å². The summed E-state index contributed by atoms with van der Waals surface area (Å²) < 4.78 is 95.2. The molecule has 0 aliphatic carbocycles. The van der Waals surface area contributed by atoms with Gasteiger partial charge in [-0.3, -0.25) is 0 Å². The molecule has 0 saturated heterocycles. The predicted octanol–water partition coefficient (Wildman–Crippen LogP) is 6.00. The van der Waals surface area contributed by atoms with Crippen LogP contribution >= 0.6 is 11.6 Å². The van der Waals surface area contributed by atoms with Gasteiger partial charge in [0, 0.05) is 53.4 Å². The highest BCUT2D eigenvalue weighted by Gasteiger charge is 2.39. The summed E-state index contributed by atoms with van der Waals surface area (Å²) in [5.74, 6) is -7.41. The van der Waals surface area contributed by atoms with Crippen LogP contribution in [-0.4, -0.2) is 109 Å². The third kappa shape index (κ3) is 14.9. The van der Waals surface area contributed by atoms with Gasteiger partial charge in [-0.15, -0.1) is 0 Å². The summed E-state index contributed by atoms with van der Waals surface area (Å²) >= 11 is 6.20. The van der Waals surface area contributed by atoms with E-state index in [4.69, 9.17) is 41.3 Å². The highest BCUT2D eigenvalue weighted by molar-refractivity contribution is 6.31. The molecule has 50 heavy (non-hydrogen) atoms. The smallest absolute Gasteiger partial charge is 0.475 e. The number of carboxylic acid groups (broad SMARTS) is 3. The molecule has 0 unspecified atom stereocenters. The van der Waals surface area contributed by atoms with E-state index in [1.54, 1.807) is 18.6 Å². The third-order valence-electron chi connectivity index (χ3n) is 5.33. The maximum atomic E-state index is 10.6. The molecule has 0 saturated carbocycles. The van der Waals surface area contributed by atoms with Crippen LogP contribution in [0.15, 0.2) is 49.3 Å². The quantitative estimate of drug-likeness (QED) is 0.109. The second kappa shape index (κ2) is 18.5. The molecule has 0 atom stereocenters. The molecule has 4 heterocycles. The molecule has 0 aliphatic rings. The fourth-order valence-corrected chi connectivity index (χ4v) is 3.41. The molecule has 0 aromatic carbocycles. The molecular formula is C27H25ClF9N7O6. The molecule has 4 rings (SSSR count).